The van der Waals surface area contributed by atoms with Gasteiger partial charge in [0.1, 0.15) is 21.9 Å². The SMILES string of the molecule is COc1nc(CS(=O)(=O)c2ccccc2Cl)ccc1-c1cc2cnc(NC3CCC(NC(=O)OC(C)(C)C)CC3)nc2cc1C.COc1nc(CS(=O)(=O)c2ccccc2Cl)ccc1Br.COc1nc(NS(=O)(=O)c2ccccc2Cl)ccc1-c1cc2cnc(NC3CCC(N)CC3)nc2cc1C.Cc1cc2nc(NC3CCC(NC(=O)OC(C)(C)C)CC3)ncc2cc1B1OC(C)(C)C(C)(C)O1. The van der Waals surface area contributed by atoms with Gasteiger partial charge in [-0.3, -0.25) is 4.72 Å². The van der Waals surface area contributed by atoms with Crippen LogP contribution in [-0.2, 0) is 60.0 Å². The molecular formula is C99H117BBrCl3N16O15S3. The van der Waals surface area contributed by atoms with Gasteiger partial charge in [-0.1, -0.05) is 77.3 Å². The number of nitrogens with one attached hydrogen (secondary N) is 6. The van der Waals surface area contributed by atoms with Crippen molar-refractivity contribution in [2.75, 3.05) is 42.0 Å². The van der Waals surface area contributed by atoms with E-state index >= 15 is 0 Å². The number of sulfone groups is 2. The molecule has 0 radical (unpaired) electrons. The number of aromatic nitrogens is 9. The summed E-state index contributed by atoms with van der Waals surface area (Å²) in [5.74, 6) is 2.31. The summed E-state index contributed by atoms with van der Waals surface area (Å²) >= 11 is 21.4. The normalized spacial score (nSPS) is 18.2. The van der Waals surface area contributed by atoms with Crippen LogP contribution in [0.3, 0.4) is 0 Å². The van der Waals surface area contributed by atoms with Crippen LogP contribution in [0.1, 0.15) is 174 Å². The van der Waals surface area contributed by atoms with Gasteiger partial charge in [0.15, 0.2) is 19.7 Å². The number of hydrogen-bond donors (Lipinski definition) is 7. The number of rotatable bonds is 23. The van der Waals surface area contributed by atoms with E-state index in [1.54, 1.807) is 91.3 Å². The number of benzene rings is 6. The molecule has 7 heterocycles. The van der Waals surface area contributed by atoms with Gasteiger partial charge in [-0.15, -0.1) is 0 Å². The van der Waals surface area contributed by atoms with E-state index in [0.717, 1.165) is 149 Å². The smallest absolute Gasteiger partial charge is 0.481 e. The standard InChI is InChI=1S/C33H38ClN5O5S.C27H29ClN6O3S.C26H39BN4O4.C13H11BrClNO3S/c1-20-16-28-21(18-35-31(39-28)37-22-10-12-23(13-11-22)38-32(40)44-33(2,3)4)17-26(20)25-15-14-24(36-30(25)43-5)19-45(41,42)29-9-7-6-8-27(29)34;1-16-13-23-17(15-30-27(32-23)31-19-9-7-18(29)8-10-19)14-21(16)20-11-12-25(33-26(20)37-2)34-38(35,36)24-6-4-3-5-22(24)28;1-16-13-21-17(14-20(16)27-34-25(5,6)26(7,8)35-27)15-28-22(31-21)29-18-9-11-19(12-10-18)30-23(32)33-24(2,3)4;1-19-13-10(14)7-6-9(16-13)8-20(17,18)12-5-3-2-4-11(12)15/h6-9,14-18,22-23H,10-13,19H2,1-5H3,(H,38,40)(H,35,37,39);3-6,11-15,18-19H,7-10,29H2,1-2H3,(H,33,34)(H,30,31,32);13-15,18-19H,9-12H2,1-8H3,(H,30,32)(H,28,29,31);2-7H,8H2,1H3. The molecule has 12 aromatic rings. The van der Waals surface area contributed by atoms with E-state index in [1.807, 2.05) is 91.9 Å². The summed E-state index contributed by atoms with van der Waals surface area (Å²) < 4.78 is 119. The van der Waals surface area contributed by atoms with Gasteiger partial charge in [-0.05, 0) is 319 Å². The molecule has 2 amide bonds. The summed E-state index contributed by atoms with van der Waals surface area (Å²) in [6, 6.07) is 42.6. The number of ether oxygens (including phenoxy) is 5. The van der Waals surface area contributed by atoms with E-state index in [0.29, 0.717) is 57.1 Å². The van der Waals surface area contributed by atoms with E-state index in [4.69, 9.17) is 88.5 Å². The van der Waals surface area contributed by atoms with Crippen LogP contribution in [0, 0.1) is 20.8 Å². The van der Waals surface area contributed by atoms with Crippen molar-refractivity contribution in [3.8, 4) is 39.9 Å². The highest BCUT2D eigenvalue weighted by molar-refractivity contribution is 9.10. The summed E-state index contributed by atoms with van der Waals surface area (Å²) in [5, 5.41) is 19.5. The quantitative estimate of drug-likeness (QED) is 0.0292. The summed E-state index contributed by atoms with van der Waals surface area (Å²) in [6.07, 6.45) is 15.8. The van der Waals surface area contributed by atoms with E-state index < -0.39 is 48.0 Å². The average Bonchev–Trinajstić information content (AvgIpc) is 1.56. The fourth-order valence-corrected chi connectivity index (χ4v) is 22.0. The maximum absolute atomic E-state index is 13.0. The highest BCUT2D eigenvalue weighted by atomic mass is 79.9. The van der Waals surface area contributed by atoms with Gasteiger partial charge in [0, 0.05) is 82.1 Å². The molecule has 1 saturated heterocycles. The fourth-order valence-electron chi connectivity index (χ4n) is 16.4. The number of sulfonamides is 1. The molecule has 138 heavy (non-hydrogen) atoms. The lowest BCUT2D eigenvalue weighted by molar-refractivity contribution is 0.00578. The van der Waals surface area contributed by atoms with Crippen molar-refractivity contribution in [2.45, 2.75) is 252 Å². The van der Waals surface area contributed by atoms with Gasteiger partial charge in [0.05, 0.1) is 101 Å². The predicted molar refractivity (Wildman–Crippen MR) is 545 cm³/mol. The van der Waals surface area contributed by atoms with Crippen LogP contribution < -0.4 is 56.7 Å². The first kappa shape index (κ1) is 104. The number of carbonyl (C=O) groups is 2. The van der Waals surface area contributed by atoms with Crippen LogP contribution in [0.5, 0.6) is 17.6 Å². The van der Waals surface area contributed by atoms with Crippen molar-refractivity contribution in [3.63, 3.8) is 0 Å². The number of amides is 2. The predicted octanol–water partition coefficient (Wildman–Crippen LogP) is 20.0. The van der Waals surface area contributed by atoms with Crippen LogP contribution in [0.4, 0.5) is 33.3 Å². The first-order chi connectivity index (χ1) is 65.2. The number of anilines is 4. The maximum Gasteiger partial charge on any atom is 0.495 e. The Morgan fingerprint density at radius 3 is 1.21 bits per heavy atom. The third-order valence-electron chi connectivity index (χ3n) is 24.2. The summed E-state index contributed by atoms with van der Waals surface area (Å²) in [6.45, 7) is 25.5. The van der Waals surface area contributed by atoms with Gasteiger partial charge in [0.25, 0.3) is 10.0 Å². The van der Waals surface area contributed by atoms with E-state index in [2.05, 4.69) is 124 Å². The van der Waals surface area contributed by atoms with Crippen molar-refractivity contribution in [1.29, 1.82) is 0 Å². The molecule has 732 valence electrons. The van der Waals surface area contributed by atoms with Crippen LogP contribution in [0.2, 0.25) is 15.1 Å². The molecule has 8 N–H and O–H groups in total. The van der Waals surface area contributed by atoms with E-state index in [9.17, 15) is 34.8 Å². The molecule has 16 rings (SSSR count). The molecule has 1 aliphatic heterocycles. The van der Waals surface area contributed by atoms with Crippen LogP contribution >= 0.6 is 50.7 Å². The number of aryl methyl sites for hydroxylation is 3. The monoisotopic (exact) mass is 2060 g/mol. The molecule has 39 heteroatoms. The number of methoxy groups -OCH3 is 3. The Hall–Kier alpha value is -10.9. The highest BCUT2D eigenvalue weighted by Gasteiger charge is 2.52. The molecule has 4 aliphatic rings. The molecule has 0 bridgehead atoms. The van der Waals surface area contributed by atoms with Gasteiger partial charge >= 0.3 is 19.3 Å². The van der Waals surface area contributed by atoms with Gasteiger partial charge in [-0.25, -0.2) is 74.7 Å². The summed E-state index contributed by atoms with van der Waals surface area (Å²) in [5.41, 5.74) is 14.7. The number of halogens is 4. The zero-order valence-corrected chi connectivity index (χ0v) is 86.3. The second-order valence-electron chi connectivity index (χ2n) is 37.6. The van der Waals surface area contributed by atoms with E-state index in [1.165, 1.54) is 45.6 Å². The molecule has 6 aromatic carbocycles. The Morgan fingerprint density at radius 1 is 0.449 bits per heavy atom. The minimum atomic E-state index is -3.93. The molecule has 4 fully saturated rings. The average molecular weight is 2060 g/mol. The zero-order valence-electron chi connectivity index (χ0n) is 80.0. The van der Waals surface area contributed by atoms with Crippen molar-refractivity contribution >= 4 is 162 Å². The number of pyridine rings is 3. The Bertz CT molecular complexity index is 6790. The number of hydrogen-bond acceptors (Lipinski definition) is 28. The van der Waals surface area contributed by atoms with Gasteiger partial charge in [0.2, 0.25) is 35.5 Å². The van der Waals surface area contributed by atoms with Crippen molar-refractivity contribution in [1.82, 2.24) is 55.5 Å². The second kappa shape index (κ2) is 44.3. The van der Waals surface area contributed by atoms with Crippen molar-refractivity contribution in [2.24, 2.45) is 5.73 Å². The summed E-state index contributed by atoms with van der Waals surface area (Å²) in [7, 11) is -7.12. The first-order valence-corrected chi connectivity index (χ1v) is 52.2. The Kier molecular flexibility index (Phi) is 33.5. The van der Waals surface area contributed by atoms with Crippen LogP contribution in [0.15, 0.2) is 183 Å². The minimum absolute atomic E-state index is 0.0298. The third kappa shape index (κ3) is 27.2. The highest BCUT2D eigenvalue weighted by Crippen LogP contribution is 2.41. The zero-order chi connectivity index (χ0) is 99.6. The van der Waals surface area contributed by atoms with Gasteiger partial charge < -0.3 is 65.3 Å². The van der Waals surface area contributed by atoms with Crippen LogP contribution in [-0.4, -0.2) is 169 Å². The molecule has 6 aromatic heterocycles. The molecule has 3 saturated carbocycles. The number of nitrogens with zero attached hydrogens (tertiary/aromatic N) is 9. The number of nitrogens with two attached hydrogens (primary N) is 1. The fraction of sp³-hybridized carbons (Fsp3) is 0.404. The van der Waals surface area contributed by atoms with Crippen molar-refractivity contribution in [3.05, 3.63) is 212 Å². The lowest BCUT2D eigenvalue weighted by Gasteiger charge is -2.32. The Morgan fingerprint density at radius 2 is 0.804 bits per heavy atom. The molecule has 31 nitrogen and oxygen atoms in total. The third-order valence-corrected chi connectivity index (χ3v) is 30.9. The minimum Gasteiger partial charge on any atom is -0.481 e. The largest absolute Gasteiger partial charge is 0.495 e. The van der Waals surface area contributed by atoms with Crippen LogP contribution in [0.25, 0.3) is 55.0 Å². The topological polar surface area (TPSA) is 415 Å². The molecule has 0 spiro atoms. The molecule has 0 unspecified atom stereocenters. The Labute approximate surface area is 830 Å². The Balaban J connectivity index is 0.000000160. The van der Waals surface area contributed by atoms with Gasteiger partial charge in [-0.2, -0.15) is 4.98 Å². The first-order valence-electron chi connectivity index (χ1n) is 45.4. The number of alkyl carbamates (subject to hydrolysis) is 2. The molecular weight excluding hydrogens is 1950 g/mol. The summed E-state index contributed by atoms with van der Waals surface area (Å²) in [4.78, 5) is 65.3. The molecule has 3 aliphatic carbocycles. The lowest BCUT2D eigenvalue weighted by atomic mass is 9.75. The van der Waals surface area contributed by atoms with Crippen molar-refractivity contribution < 1.29 is 67.8 Å². The number of fused-ring (bicyclic) bond motifs is 3. The maximum atomic E-state index is 13.0. The number of carbonyl (C=O) groups excluding carboxylic acids is 2. The van der Waals surface area contributed by atoms with E-state index in [-0.39, 0.29) is 107 Å². The molecule has 0 atom stereocenters. The second-order valence-corrected chi connectivity index (χ2v) is 45.3. The lowest BCUT2D eigenvalue weighted by Crippen LogP contribution is -2.42.